The highest BCUT2D eigenvalue weighted by atomic mass is 32.1. The van der Waals surface area contributed by atoms with Gasteiger partial charge in [0.05, 0.1) is 5.69 Å². The van der Waals surface area contributed by atoms with Crippen LogP contribution in [-0.4, -0.2) is 4.98 Å². The molecule has 2 aromatic rings. The number of nitrogen functional groups attached to an aromatic ring is 1. The molecule has 1 aromatic heterocycles. The van der Waals surface area contributed by atoms with Crippen molar-refractivity contribution in [3.05, 3.63) is 46.2 Å². The molecule has 1 heterocycles. The predicted octanol–water partition coefficient (Wildman–Crippen LogP) is 2.76. The largest absolute Gasteiger partial charge is 0.375 e. The monoisotopic (exact) mass is 222 g/mol. The van der Waals surface area contributed by atoms with E-state index in [-0.39, 0.29) is 5.82 Å². The number of benzene rings is 1. The summed E-state index contributed by atoms with van der Waals surface area (Å²) < 4.78 is 12.9. The van der Waals surface area contributed by atoms with Crippen molar-refractivity contribution in [1.82, 2.24) is 4.98 Å². The lowest BCUT2D eigenvalue weighted by Gasteiger charge is -1.99. The number of nitrogens with zero attached hydrogens (tertiary/aromatic N) is 1. The molecule has 0 amide bonds. The average Bonchev–Trinajstić information content (AvgIpc) is 2.45. The molecular weight excluding hydrogens is 211 g/mol. The molecule has 4 heteroatoms. The SMILES string of the molecule is Cc1nc(N)sc1Cc1cccc(F)c1. The molecule has 0 atom stereocenters. The third-order valence-corrected chi connectivity index (χ3v) is 3.15. The first-order valence-electron chi connectivity index (χ1n) is 4.61. The number of hydrogen-bond acceptors (Lipinski definition) is 3. The highest BCUT2D eigenvalue weighted by molar-refractivity contribution is 7.15. The van der Waals surface area contributed by atoms with Gasteiger partial charge in [0, 0.05) is 11.3 Å². The van der Waals surface area contributed by atoms with E-state index < -0.39 is 0 Å². The van der Waals surface area contributed by atoms with Crippen LogP contribution in [0.15, 0.2) is 24.3 Å². The quantitative estimate of drug-likeness (QED) is 0.848. The molecule has 0 aliphatic heterocycles. The van der Waals surface area contributed by atoms with E-state index in [0.717, 1.165) is 16.1 Å². The zero-order valence-electron chi connectivity index (χ0n) is 8.33. The Hall–Kier alpha value is -1.42. The van der Waals surface area contributed by atoms with E-state index >= 15 is 0 Å². The van der Waals surface area contributed by atoms with E-state index in [2.05, 4.69) is 4.98 Å². The smallest absolute Gasteiger partial charge is 0.180 e. The molecule has 0 fully saturated rings. The molecule has 0 saturated heterocycles. The van der Waals surface area contributed by atoms with Crippen molar-refractivity contribution in [3.8, 4) is 0 Å². The second-order valence-corrected chi connectivity index (χ2v) is 4.48. The first-order valence-corrected chi connectivity index (χ1v) is 5.43. The van der Waals surface area contributed by atoms with Gasteiger partial charge in [-0.1, -0.05) is 12.1 Å². The van der Waals surface area contributed by atoms with Crippen LogP contribution in [-0.2, 0) is 6.42 Å². The minimum atomic E-state index is -0.206. The van der Waals surface area contributed by atoms with Gasteiger partial charge in [0.2, 0.25) is 0 Å². The van der Waals surface area contributed by atoms with Crippen LogP contribution < -0.4 is 5.73 Å². The van der Waals surface area contributed by atoms with Crippen LogP contribution in [0, 0.1) is 12.7 Å². The van der Waals surface area contributed by atoms with Crippen molar-refractivity contribution < 1.29 is 4.39 Å². The molecule has 78 valence electrons. The van der Waals surface area contributed by atoms with Crippen molar-refractivity contribution in [2.45, 2.75) is 13.3 Å². The van der Waals surface area contributed by atoms with E-state index in [1.165, 1.54) is 23.5 Å². The van der Waals surface area contributed by atoms with Crippen LogP contribution in [0.1, 0.15) is 16.1 Å². The van der Waals surface area contributed by atoms with Crippen molar-refractivity contribution in [2.75, 3.05) is 5.73 Å². The molecule has 2 rings (SSSR count). The van der Waals surface area contributed by atoms with Crippen molar-refractivity contribution in [3.63, 3.8) is 0 Å². The highest BCUT2D eigenvalue weighted by Gasteiger charge is 2.06. The summed E-state index contributed by atoms with van der Waals surface area (Å²) in [5.41, 5.74) is 7.47. The molecule has 0 saturated carbocycles. The summed E-state index contributed by atoms with van der Waals surface area (Å²) in [6.07, 6.45) is 0.693. The van der Waals surface area contributed by atoms with E-state index in [9.17, 15) is 4.39 Å². The number of rotatable bonds is 2. The van der Waals surface area contributed by atoms with Gasteiger partial charge in [0.1, 0.15) is 5.82 Å². The second kappa shape index (κ2) is 3.98. The van der Waals surface area contributed by atoms with Crippen molar-refractivity contribution >= 4 is 16.5 Å². The van der Waals surface area contributed by atoms with Crippen molar-refractivity contribution in [1.29, 1.82) is 0 Å². The van der Waals surface area contributed by atoms with Gasteiger partial charge in [-0.25, -0.2) is 9.37 Å². The number of nitrogens with two attached hydrogens (primary N) is 1. The lowest BCUT2D eigenvalue weighted by atomic mass is 10.1. The Balaban J connectivity index is 2.25. The number of hydrogen-bond donors (Lipinski definition) is 1. The minimum Gasteiger partial charge on any atom is -0.375 e. The summed E-state index contributed by atoms with van der Waals surface area (Å²) in [6.45, 7) is 1.92. The molecular formula is C11H11FN2S. The Morgan fingerprint density at radius 3 is 2.87 bits per heavy atom. The van der Waals surface area contributed by atoms with Crippen molar-refractivity contribution in [2.24, 2.45) is 0 Å². The maximum atomic E-state index is 12.9. The van der Waals surface area contributed by atoms with E-state index in [4.69, 9.17) is 5.73 Å². The van der Waals surface area contributed by atoms with Gasteiger partial charge in [-0.2, -0.15) is 0 Å². The molecule has 0 aliphatic rings. The van der Waals surface area contributed by atoms with Crippen LogP contribution in [0.2, 0.25) is 0 Å². The number of halogens is 1. The third-order valence-electron chi connectivity index (χ3n) is 2.16. The first-order chi connectivity index (χ1) is 7.15. The molecule has 0 radical (unpaired) electrons. The van der Waals surface area contributed by atoms with E-state index in [1.54, 1.807) is 6.07 Å². The molecule has 0 bridgehead atoms. The zero-order valence-corrected chi connectivity index (χ0v) is 9.14. The number of thiazole rings is 1. The standard InChI is InChI=1S/C11H11FN2S/c1-7-10(15-11(13)14-7)6-8-3-2-4-9(12)5-8/h2-5H,6H2,1H3,(H2,13,14). The highest BCUT2D eigenvalue weighted by Crippen LogP contribution is 2.22. The summed E-state index contributed by atoms with van der Waals surface area (Å²) in [6, 6.07) is 6.59. The number of aromatic nitrogens is 1. The van der Waals surface area contributed by atoms with Crippen LogP contribution >= 0.6 is 11.3 Å². The normalized spacial score (nSPS) is 10.5. The Kier molecular flexibility index (Phi) is 2.68. The Morgan fingerprint density at radius 1 is 1.47 bits per heavy atom. The zero-order chi connectivity index (χ0) is 10.8. The Bertz CT molecular complexity index is 479. The lowest BCUT2D eigenvalue weighted by Crippen LogP contribution is -1.88. The van der Waals surface area contributed by atoms with Gasteiger partial charge < -0.3 is 5.73 Å². The van der Waals surface area contributed by atoms with Gasteiger partial charge >= 0.3 is 0 Å². The second-order valence-electron chi connectivity index (χ2n) is 3.37. The molecule has 15 heavy (non-hydrogen) atoms. The van der Waals surface area contributed by atoms with E-state index in [0.29, 0.717) is 11.6 Å². The minimum absolute atomic E-state index is 0.206. The summed E-state index contributed by atoms with van der Waals surface area (Å²) >= 11 is 1.46. The van der Waals surface area contributed by atoms with Gasteiger partial charge in [-0.15, -0.1) is 11.3 Å². The third kappa shape index (κ3) is 2.33. The maximum Gasteiger partial charge on any atom is 0.180 e. The Morgan fingerprint density at radius 2 is 2.27 bits per heavy atom. The summed E-state index contributed by atoms with van der Waals surface area (Å²) in [4.78, 5) is 5.23. The predicted molar refractivity (Wildman–Crippen MR) is 60.5 cm³/mol. The van der Waals surface area contributed by atoms with Gasteiger partial charge in [-0.05, 0) is 24.6 Å². The van der Waals surface area contributed by atoms with Crippen LogP contribution in [0.5, 0.6) is 0 Å². The fourth-order valence-electron chi connectivity index (χ4n) is 1.45. The van der Waals surface area contributed by atoms with Crippen LogP contribution in [0.3, 0.4) is 0 Å². The molecule has 0 unspecified atom stereocenters. The maximum absolute atomic E-state index is 12.9. The van der Waals surface area contributed by atoms with E-state index in [1.807, 2.05) is 13.0 Å². The fourth-order valence-corrected chi connectivity index (χ4v) is 2.31. The number of anilines is 1. The van der Waals surface area contributed by atoms with Gasteiger partial charge in [-0.3, -0.25) is 0 Å². The molecule has 0 spiro atoms. The van der Waals surface area contributed by atoms with Gasteiger partial charge in [0.15, 0.2) is 5.13 Å². The summed E-state index contributed by atoms with van der Waals surface area (Å²) in [5.74, 6) is -0.206. The number of aryl methyl sites for hydroxylation is 1. The van der Waals surface area contributed by atoms with Crippen LogP contribution in [0.4, 0.5) is 9.52 Å². The first kappa shape index (κ1) is 10.1. The lowest BCUT2D eigenvalue weighted by molar-refractivity contribution is 0.626. The molecule has 1 aromatic carbocycles. The molecule has 2 N–H and O–H groups in total. The van der Waals surface area contributed by atoms with Gasteiger partial charge in [0.25, 0.3) is 0 Å². The summed E-state index contributed by atoms with van der Waals surface area (Å²) in [5, 5.41) is 0.568. The Labute approximate surface area is 91.6 Å². The topological polar surface area (TPSA) is 38.9 Å². The molecule has 0 aliphatic carbocycles. The molecule has 2 nitrogen and oxygen atoms in total. The van der Waals surface area contributed by atoms with Crippen LogP contribution in [0.25, 0.3) is 0 Å². The summed E-state index contributed by atoms with van der Waals surface area (Å²) in [7, 11) is 0. The average molecular weight is 222 g/mol. The fraction of sp³-hybridized carbons (Fsp3) is 0.182.